The normalized spacial score (nSPS) is 14.9. The summed E-state index contributed by atoms with van der Waals surface area (Å²) in [6, 6.07) is 17.5. The maximum absolute atomic E-state index is 13.8. The number of nitrogens with one attached hydrogen (secondary N) is 1. The molecule has 3 aromatic carbocycles. The Morgan fingerprint density at radius 2 is 1.85 bits per heavy atom. The zero-order chi connectivity index (χ0) is 28.6. The molecule has 0 radical (unpaired) electrons. The summed E-state index contributed by atoms with van der Waals surface area (Å²) in [5.74, 6) is -1.09. The number of likely N-dealkylation sites (N-methyl/N-ethyl adjacent to an activating group) is 1. The molecule has 1 aliphatic rings. The SMILES string of the molecule is CCOc1cc(C=C2SC(=Nc3cccc(C(=O)OC)c3)N(C)C2=O)ccc1OCC(=O)Nc1ccccc1F. The average Bonchev–Trinajstić information content (AvgIpc) is 3.21. The predicted octanol–water partition coefficient (Wildman–Crippen LogP) is 5.26. The van der Waals surface area contributed by atoms with Crippen LogP contribution < -0.4 is 14.8 Å². The molecule has 0 saturated carbocycles. The molecule has 1 aliphatic heterocycles. The summed E-state index contributed by atoms with van der Waals surface area (Å²) in [7, 11) is 2.92. The van der Waals surface area contributed by atoms with Gasteiger partial charge in [-0.1, -0.05) is 24.3 Å². The molecule has 2 amide bonds. The van der Waals surface area contributed by atoms with E-state index in [9.17, 15) is 18.8 Å². The van der Waals surface area contributed by atoms with Crippen molar-refractivity contribution < 1.29 is 33.0 Å². The number of para-hydroxylation sites is 1. The number of esters is 1. The molecule has 1 fully saturated rings. The molecule has 0 bridgehead atoms. The molecule has 11 heteroatoms. The van der Waals surface area contributed by atoms with Crippen LogP contribution in [0.1, 0.15) is 22.8 Å². The maximum Gasteiger partial charge on any atom is 0.337 e. The Kier molecular flexibility index (Phi) is 9.18. The van der Waals surface area contributed by atoms with Gasteiger partial charge in [0.15, 0.2) is 23.3 Å². The van der Waals surface area contributed by atoms with Crippen molar-refractivity contribution in [2.45, 2.75) is 6.92 Å². The van der Waals surface area contributed by atoms with E-state index < -0.39 is 17.7 Å². The van der Waals surface area contributed by atoms with Gasteiger partial charge >= 0.3 is 5.97 Å². The van der Waals surface area contributed by atoms with E-state index in [1.807, 2.05) is 6.92 Å². The van der Waals surface area contributed by atoms with Gasteiger partial charge < -0.3 is 19.5 Å². The van der Waals surface area contributed by atoms with Crippen molar-refractivity contribution >= 4 is 52.2 Å². The van der Waals surface area contributed by atoms with Crippen LogP contribution in [0.2, 0.25) is 0 Å². The van der Waals surface area contributed by atoms with Crippen molar-refractivity contribution in [3.63, 3.8) is 0 Å². The second-order valence-electron chi connectivity index (χ2n) is 8.37. The molecular weight excluding hydrogens is 537 g/mol. The molecule has 1 heterocycles. The van der Waals surface area contributed by atoms with E-state index in [1.54, 1.807) is 61.7 Å². The minimum Gasteiger partial charge on any atom is -0.490 e. The number of amidine groups is 1. The Morgan fingerprint density at radius 3 is 2.60 bits per heavy atom. The van der Waals surface area contributed by atoms with E-state index in [1.165, 1.54) is 42.0 Å². The number of benzene rings is 3. The topological polar surface area (TPSA) is 107 Å². The fraction of sp³-hybridized carbons (Fsp3) is 0.172. The van der Waals surface area contributed by atoms with Crippen molar-refractivity contribution in [1.82, 2.24) is 4.90 Å². The molecule has 40 heavy (non-hydrogen) atoms. The first-order chi connectivity index (χ1) is 19.3. The van der Waals surface area contributed by atoms with Gasteiger partial charge in [0.1, 0.15) is 5.82 Å². The van der Waals surface area contributed by atoms with Crippen LogP contribution in [0.15, 0.2) is 76.6 Å². The summed E-state index contributed by atoms with van der Waals surface area (Å²) >= 11 is 1.19. The van der Waals surface area contributed by atoms with Gasteiger partial charge in [0.05, 0.1) is 35.6 Å². The first-order valence-corrected chi connectivity index (χ1v) is 13.0. The van der Waals surface area contributed by atoms with Gasteiger partial charge in [-0.25, -0.2) is 14.2 Å². The highest BCUT2D eigenvalue weighted by atomic mass is 32.2. The molecule has 9 nitrogen and oxygen atoms in total. The van der Waals surface area contributed by atoms with Crippen LogP contribution in [0.3, 0.4) is 0 Å². The van der Waals surface area contributed by atoms with Gasteiger partial charge in [0, 0.05) is 7.05 Å². The first-order valence-electron chi connectivity index (χ1n) is 12.2. The lowest BCUT2D eigenvalue weighted by Gasteiger charge is -2.13. The van der Waals surface area contributed by atoms with Crippen LogP contribution in [0.5, 0.6) is 11.5 Å². The lowest BCUT2D eigenvalue weighted by molar-refractivity contribution is -0.121. The summed E-state index contributed by atoms with van der Waals surface area (Å²) in [4.78, 5) is 43.4. The summed E-state index contributed by atoms with van der Waals surface area (Å²) in [6.45, 7) is 1.80. The molecule has 0 spiro atoms. The number of anilines is 1. The maximum atomic E-state index is 13.8. The Labute approximate surface area is 234 Å². The molecule has 1 N–H and O–H groups in total. The number of methoxy groups -OCH3 is 1. The fourth-order valence-electron chi connectivity index (χ4n) is 3.63. The van der Waals surface area contributed by atoms with E-state index in [0.29, 0.717) is 45.0 Å². The number of aliphatic imine (C=N–C) groups is 1. The lowest BCUT2D eigenvalue weighted by Crippen LogP contribution is -2.23. The largest absolute Gasteiger partial charge is 0.490 e. The molecule has 0 atom stereocenters. The number of thioether (sulfide) groups is 1. The molecule has 0 unspecified atom stereocenters. The summed E-state index contributed by atoms with van der Waals surface area (Å²) < 4.78 is 29.9. The number of halogens is 1. The molecular formula is C29H26FN3O6S. The smallest absolute Gasteiger partial charge is 0.337 e. The Hall–Kier alpha value is -4.64. The number of rotatable bonds is 9. The highest BCUT2D eigenvalue weighted by molar-refractivity contribution is 8.18. The molecule has 3 aromatic rings. The highest BCUT2D eigenvalue weighted by Crippen LogP contribution is 2.35. The third-order valence-electron chi connectivity index (χ3n) is 5.57. The van der Waals surface area contributed by atoms with Gasteiger partial charge in [-0.3, -0.25) is 14.5 Å². The van der Waals surface area contributed by atoms with Gasteiger partial charge in [0.2, 0.25) is 0 Å². The van der Waals surface area contributed by atoms with Crippen LogP contribution in [0.25, 0.3) is 6.08 Å². The number of hydrogen-bond donors (Lipinski definition) is 1. The van der Waals surface area contributed by atoms with Crippen molar-refractivity contribution in [3.8, 4) is 11.5 Å². The van der Waals surface area contributed by atoms with Crippen molar-refractivity contribution in [2.75, 3.05) is 32.7 Å². The predicted molar refractivity (Wildman–Crippen MR) is 151 cm³/mol. The average molecular weight is 564 g/mol. The van der Waals surface area contributed by atoms with Crippen molar-refractivity contribution in [1.29, 1.82) is 0 Å². The van der Waals surface area contributed by atoms with Crippen LogP contribution >= 0.6 is 11.8 Å². The summed E-state index contributed by atoms with van der Waals surface area (Å²) in [6.07, 6.45) is 1.70. The van der Waals surface area contributed by atoms with Gasteiger partial charge in [-0.15, -0.1) is 0 Å². The van der Waals surface area contributed by atoms with Gasteiger partial charge in [0.25, 0.3) is 11.8 Å². The minimum atomic E-state index is -0.545. The van der Waals surface area contributed by atoms with E-state index in [2.05, 4.69) is 10.3 Å². The zero-order valence-corrected chi connectivity index (χ0v) is 22.8. The molecule has 206 valence electrons. The second-order valence-corrected chi connectivity index (χ2v) is 9.38. The summed E-state index contributed by atoms with van der Waals surface area (Å²) in [5.41, 5.74) is 1.59. The van der Waals surface area contributed by atoms with Crippen LogP contribution in [0.4, 0.5) is 15.8 Å². The van der Waals surface area contributed by atoms with E-state index in [-0.39, 0.29) is 18.2 Å². The van der Waals surface area contributed by atoms with E-state index in [4.69, 9.17) is 14.2 Å². The second kappa shape index (κ2) is 12.9. The number of nitrogens with zero attached hydrogens (tertiary/aromatic N) is 2. The van der Waals surface area contributed by atoms with Crippen LogP contribution in [0, 0.1) is 5.82 Å². The number of amides is 2. The standard InChI is InChI=1S/C29H26FN3O6S/c1-4-38-24-14-18(12-13-23(24)39-17-26(34)32-22-11-6-5-10-21(22)30)15-25-27(35)33(2)29(40-25)31-20-9-7-8-19(16-20)28(36)37-3/h5-16H,4,17H2,1-3H3,(H,32,34). The monoisotopic (exact) mass is 563 g/mol. The number of hydrogen-bond acceptors (Lipinski definition) is 8. The molecule has 4 rings (SSSR count). The molecule has 1 saturated heterocycles. The van der Waals surface area contributed by atoms with E-state index in [0.717, 1.165) is 0 Å². The quantitative estimate of drug-likeness (QED) is 0.280. The third-order valence-corrected chi connectivity index (χ3v) is 6.63. The fourth-order valence-corrected chi connectivity index (χ4v) is 4.61. The Morgan fingerprint density at radius 1 is 1.05 bits per heavy atom. The van der Waals surface area contributed by atoms with Gasteiger partial charge in [-0.05, 0) is 72.8 Å². The van der Waals surface area contributed by atoms with Crippen molar-refractivity contribution in [2.24, 2.45) is 4.99 Å². The molecule has 0 aromatic heterocycles. The minimum absolute atomic E-state index is 0.0610. The third kappa shape index (κ3) is 6.86. The highest BCUT2D eigenvalue weighted by Gasteiger charge is 2.30. The number of carbonyl (C=O) groups excluding carboxylic acids is 3. The summed E-state index contributed by atoms with van der Waals surface area (Å²) in [5, 5.41) is 2.91. The van der Waals surface area contributed by atoms with Crippen molar-refractivity contribution in [3.05, 3.63) is 88.6 Å². The first kappa shape index (κ1) is 28.4. The van der Waals surface area contributed by atoms with Gasteiger partial charge in [-0.2, -0.15) is 0 Å². The Bertz CT molecular complexity index is 1510. The molecule has 0 aliphatic carbocycles. The number of ether oxygens (including phenoxy) is 3. The van der Waals surface area contributed by atoms with Crippen LogP contribution in [-0.2, 0) is 14.3 Å². The Balaban J connectivity index is 1.49. The zero-order valence-electron chi connectivity index (χ0n) is 22.0. The van der Waals surface area contributed by atoms with Crippen LogP contribution in [-0.4, -0.2) is 55.2 Å². The van der Waals surface area contributed by atoms with E-state index >= 15 is 0 Å². The lowest BCUT2D eigenvalue weighted by atomic mass is 10.2. The number of carbonyl (C=O) groups is 3.